The highest BCUT2D eigenvalue weighted by molar-refractivity contribution is 5.95. The minimum Gasteiger partial charge on any atom is -0.348 e. The SMILES string of the molecule is C[C@H]1c2cccn2CCN1C(=O)c1ccc(-c2noc(CC(C)(C)C)n2)cc1. The average molecular weight is 378 g/mol. The van der Waals surface area contributed by atoms with Crippen molar-refractivity contribution in [3.63, 3.8) is 0 Å². The van der Waals surface area contributed by atoms with E-state index < -0.39 is 0 Å². The van der Waals surface area contributed by atoms with Gasteiger partial charge in [0.25, 0.3) is 5.91 Å². The van der Waals surface area contributed by atoms with Gasteiger partial charge in [-0.3, -0.25) is 4.79 Å². The van der Waals surface area contributed by atoms with Crippen LogP contribution in [0.4, 0.5) is 0 Å². The van der Waals surface area contributed by atoms with E-state index in [4.69, 9.17) is 4.52 Å². The largest absolute Gasteiger partial charge is 0.348 e. The third kappa shape index (κ3) is 3.59. The zero-order valence-corrected chi connectivity index (χ0v) is 16.8. The summed E-state index contributed by atoms with van der Waals surface area (Å²) in [5, 5.41) is 4.08. The third-order valence-corrected chi connectivity index (χ3v) is 5.14. The molecule has 0 unspecified atom stereocenters. The van der Waals surface area contributed by atoms with E-state index in [2.05, 4.69) is 54.7 Å². The second-order valence-electron chi connectivity index (χ2n) is 8.63. The monoisotopic (exact) mass is 378 g/mol. The van der Waals surface area contributed by atoms with Crippen LogP contribution in [0.15, 0.2) is 47.1 Å². The highest BCUT2D eigenvalue weighted by Crippen LogP contribution is 2.28. The number of fused-ring (bicyclic) bond motifs is 1. The summed E-state index contributed by atoms with van der Waals surface area (Å²) >= 11 is 0. The molecule has 1 aromatic carbocycles. The molecule has 1 amide bonds. The van der Waals surface area contributed by atoms with Gasteiger partial charge in [0, 0.05) is 42.5 Å². The lowest BCUT2D eigenvalue weighted by Gasteiger charge is -2.35. The van der Waals surface area contributed by atoms with Crippen molar-refractivity contribution in [1.82, 2.24) is 19.6 Å². The summed E-state index contributed by atoms with van der Waals surface area (Å²) in [6.45, 7) is 10.0. The Morgan fingerprint density at radius 1 is 1.18 bits per heavy atom. The van der Waals surface area contributed by atoms with E-state index in [1.54, 1.807) is 0 Å². The molecular weight excluding hydrogens is 352 g/mol. The van der Waals surface area contributed by atoms with Gasteiger partial charge in [-0.1, -0.05) is 38.1 Å². The third-order valence-electron chi connectivity index (χ3n) is 5.14. The van der Waals surface area contributed by atoms with Crippen LogP contribution in [0.1, 0.15) is 55.7 Å². The van der Waals surface area contributed by atoms with E-state index in [9.17, 15) is 4.79 Å². The quantitative estimate of drug-likeness (QED) is 0.680. The molecule has 4 rings (SSSR count). The van der Waals surface area contributed by atoms with Crippen LogP contribution in [-0.4, -0.2) is 32.1 Å². The van der Waals surface area contributed by atoms with Gasteiger partial charge in [-0.2, -0.15) is 4.98 Å². The summed E-state index contributed by atoms with van der Waals surface area (Å²) in [7, 11) is 0. The fourth-order valence-corrected chi connectivity index (χ4v) is 3.68. The van der Waals surface area contributed by atoms with Gasteiger partial charge in [0.1, 0.15) is 0 Å². The van der Waals surface area contributed by atoms with Crippen LogP contribution < -0.4 is 0 Å². The van der Waals surface area contributed by atoms with Gasteiger partial charge in [-0.05, 0) is 36.6 Å². The molecule has 3 aromatic rings. The van der Waals surface area contributed by atoms with E-state index >= 15 is 0 Å². The lowest BCUT2D eigenvalue weighted by atomic mass is 9.92. The maximum atomic E-state index is 13.0. The first-order chi connectivity index (χ1) is 13.3. The van der Waals surface area contributed by atoms with Gasteiger partial charge >= 0.3 is 0 Å². The van der Waals surface area contributed by atoms with Crippen LogP contribution in [0.2, 0.25) is 0 Å². The molecule has 1 atom stereocenters. The Morgan fingerprint density at radius 2 is 1.93 bits per heavy atom. The molecule has 0 fully saturated rings. The van der Waals surface area contributed by atoms with Crippen molar-refractivity contribution < 1.29 is 9.32 Å². The number of benzene rings is 1. The maximum absolute atomic E-state index is 13.0. The molecule has 0 spiro atoms. The first-order valence-corrected chi connectivity index (χ1v) is 9.71. The minimum absolute atomic E-state index is 0.0491. The zero-order chi connectivity index (χ0) is 19.9. The summed E-state index contributed by atoms with van der Waals surface area (Å²) in [6, 6.07) is 11.6. The normalized spacial score (nSPS) is 16.9. The van der Waals surface area contributed by atoms with Crippen molar-refractivity contribution in [1.29, 1.82) is 0 Å². The van der Waals surface area contributed by atoms with Crippen molar-refractivity contribution in [3.8, 4) is 11.4 Å². The molecule has 1 aliphatic heterocycles. The predicted molar refractivity (Wildman–Crippen MR) is 107 cm³/mol. The molecule has 2 aromatic heterocycles. The predicted octanol–water partition coefficient (Wildman–Crippen LogP) is 4.34. The molecule has 0 saturated heterocycles. The second kappa shape index (κ2) is 6.93. The van der Waals surface area contributed by atoms with E-state index in [0.717, 1.165) is 18.5 Å². The number of aromatic nitrogens is 3. The van der Waals surface area contributed by atoms with Gasteiger partial charge < -0.3 is 14.0 Å². The molecule has 1 aliphatic rings. The molecule has 0 radical (unpaired) electrons. The van der Waals surface area contributed by atoms with Crippen molar-refractivity contribution >= 4 is 5.91 Å². The second-order valence-corrected chi connectivity index (χ2v) is 8.63. The fraction of sp³-hybridized carbons (Fsp3) is 0.409. The summed E-state index contributed by atoms with van der Waals surface area (Å²) in [6.07, 6.45) is 2.80. The number of amides is 1. The molecule has 6 heteroatoms. The molecule has 0 saturated carbocycles. The molecule has 0 N–H and O–H groups in total. The Bertz CT molecular complexity index is 979. The van der Waals surface area contributed by atoms with E-state index in [-0.39, 0.29) is 17.4 Å². The maximum Gasteiger partial charge on any atom is 0.254 e. The smallest absolute Gasteiger partial charge is 0.254 e. The molecule has 0 bridgehead atoms. The Hall–Kier alpha value is -2.89. The first-order valence-electron chi connectivity index (χ1n) is 9.71. The molecule has 0 aliphatic carbocycles. The van der Waals surface area contributed by atoms with Crippen LogP contribution in [0.5, 0.6) is 0 Å². The number of carbonyl (C=O) groups is 1. The lowest BCUT2D eigenvalue weighted by molar-refractivity contribution is 0.0644. The van der Waals surface area contributed by atoms with Crippen LogP contribution >= 0.6 is 0 Å². The Morgan fingerprint density at radius 3 is 2.64 bits per heavy atom. The number of hydrogen-bond donors (Lipinski definition) is 0. The van der Waals surface area contributed by atoms with Crippen LogP contribution in [-0.2, 0) is 13.0 Å². The fourth-order valence-electron chi connectivity index (χ4n) is 3.68. The van der Waals surface area contributed by atoms with E-state index in [1.165, 1.54) is 5.69 Å². The topological polar surface area (TPSA) is 64.2 Å². The molecular formula is C22H26N4O2. The average Bonchev–Trinajstić information content (AvgIpc) is 3.30. The summed E-state index contributed by atoms with van der Waals surface area (Å²) in [5.74, 6) is 1.24. The van der Waals surface area contributed by atoms with Crippen LogP contribution in [0.25, 0.3) is 11.4 Å². The standard InChI is InChI=1S/C22H26N4O2/c1-15-18-6-5-11-25(18)12-13-26(15)21(27)17-9-7-16(8-10-17)20-23-19(28-24-20)14-22(2,3)4/h5-11,15H,12-14H2,1-4H3/t15-/m0/s1. The van der Waals surface area contributed by atoms with Crippen molar-refractivity contribution in [3.05, 3.63) is 59.7 Å². The summed E-state index contributed by atoms with van der Waals surface area (Å²) in [4.78, 5) is 19.4. The van der Waals surface area contributed by atoms with Crippen molar-refractivity contribution in [2.24, 2.45) is 5.41 Å². The lowest BCUT2D eigenvalue weighted by Crippen LogP contribution is -2.40. The number of rotatable bonds is 3. The Kier molecular flexibility index (Phi) is 4.57. The van der Waals surface area contributed by atoms with Gasteiger partial charge in [0.2, 0.25) is 11.7 Å². The highest BCUT2D eigenvalue weighted by Gasteiger charge is 2.28. The molecule has 6 nitrogen and oxygen atoms in total. The van der Waals surface area contributed by atoms with Gasteiger partial charge in [-0.25, -0.2) is 0 Å². The molecule has 146 valence electrons. The Balaban J connectivity index is 1.50. The minimum atomic E-state index is 0.0491. The number of carbonyl (C=O) groups excluding carboxylic acids is 1. The summed E-state index contributed by atoms with van der Waals surface area (Å²) < 4.78 is 7.58. The molecule has 3 heterocycles. The van der Waals surface area contributed by atoms with E-state index in [1.807, 2.05) is 35.2 Å². The van der Waals surface area contributed by atoms with Crippen LogP contribution in [0.3, 0.4) is 0 Å². The van der Waals surface area contributed by atoms with Gasteiger partial charge in [0.15, 0.2) is 0 Å². The van der Waals surface area contributed by atoms with Gasteiger partial charge in [0.05, 0.1) is 6.04 Å². The summed E-state index contributed by atoms with van der Waals surface area (Å²) in [5.41, 5.74) is 2.79. The van der Waals surface area contributed by atoms with Crippen molar-refractivity contribution in [2.75, 3.05) is 6.54 Å². The highest BCUT2D eigenvalue weighted by atomic mass is 16.5. The zero-order valence-electron chi connectivity index (χ0n) is 16.8. The number of nitrogens with zero attached hydrogens (tertiary/aromatic N) is 4. The number of hydrogen-bond acceptors (Lipinski definition) is 4. The van der Waals surface area contributed by atoms with E-state index in [0.29, 0.717) is 23.8 Å². The van der Waals surface area contributed by atoms with Gasteiger partial charge in [-0.15, -0.1) is 0 Å². The molecule has 28 heavy (non-hydrogen) atoms. The van der Waals surface area contributed by atoms with Crippen molar-refractivity contribution in [2.45, 2.75) is 46.7 Å². The Labute approximate surface area is 165 Å². The van der Waals surface area contributed by atoms with Crippen LogP contribution in [0, 0.1) is 5.41 Å². The first kappa shape index (κ1) is 18.5.